The van der Waals surface area contributed by atoms with Crippen LogP contribution in [0.5, 0.6) is 0 Å². The van der Waals surface area contributed by atoms with Gasteiger partial charge >= 0.3 is 0 Å². The molecule has 5 heteroatoms. The van der Waals surface area contributed by atoms with Crippen molar-refractivity contribution < 1.29 is 4.79 Å². The van der Waals surface area contributed by atoms with Gasteiger partial charge in [0.2, 0.25) is 0 Å². The second kappa shape index (κ2) is 5.75. The minimum atomic E-state index is -0.304. The Hall–Kier alpha value is -1.46. The van der Waals surface area contributed by atoms with E-state index in [-0.39, 0.29) is 5.91 Å². The maximum Gasteiger partial charge on any atom is 0.266 e. The fraction of sp³-hybridized carbons (Fsp3) is 0.500. The summed E-state index contributed by atoms with van der Waals surface area (Å²) in [5, 5.41) is 0. The van der Waals surface area contributed by atoms with Crippen LogP contribution in [0.2, 0.25) is 0 Å². The number of rotatable bonds is 3. The molecule has 1 aromatic heterocycles. The van der Waals surface area contributed by atoms with Crippen LogP contribution >= 0.6 is 0 Å². The lowest BCUT2D eigenvalue weighted by Crippen LogP contribution is -2.31. The van der Waals surface area contributed by atoms with Crippen molar-refractivity contribution in [1.29, 1.82) is 0 Å². The highest BCUT2D eigenvalue weighted by atomic mass is 16.2. The number of nitrogen functional groups attached to an aromatic ring is 1. The van der Waals surface area contributed by atoms with Gasteiger partial charge in [-0.15, -0.1) is 0 Å². The van der Waals surface area contributed by atoms with Crippen molar-refractivity contribution in [3.05, 3.63) is 29.6 Å². The van der Waals surface area contributed by atoms with Gasteiger partial charge < -0.3 is 0 Å². The number of hydrazine groups is 1. The molecule has 2 heterocycles. The molecule has 3 N–H and O–H groups in total. The number of hydrogen-bond donors (Lipinski definition) is 2. The van der Waals surface area contributed by atoms with Gasteiger partial charge in [0.05, 0.1) is 11.3 Å². The molecular formula is C12H18N4O. The smallest absolute Gasteiger partial charge is 0.266 e. The van der Waals surface area contributed by atoms with Gasteiger partial charge in [-0.25, -0.2) is 5.84 Å². The van der Waals surface area contributed by atoms with E-state index < -0.39 is 0 Å². The Morgan fingerprint density at radius 2 is 2.12 bits per heavy atom. The second-order valence-electron chi connectivity index (χ2n) is 4.35. The second-order valence-corrected chi connectivity index (χ2v) is 4.35. The molecule has 1 saturated heterocycles. The van der Waals surface area contributed by atoms with Crippen molar-refractivity contribution in [2.24, 2.45) is 5.84 Å². The van der Waals surface area contributed by atoms with E-state index in [1.54, 1.807) is 12.3 Å². The van der Waals surface area contributed by atoms with Crippen LogP contribution < -0.4 is 11.3 Å². The van der Waals surface area contributed by atoms with Gasteiger partial charge in [-0.3, -0.25) is 20.1 Å². The van der Waals surface area contributed by atoms with Gasteiger partial charge in [0.25, 0.3) is 5.91 Å². The van der Waals surface area contributed by atoms with Gasteiger partial charge in [0.1, 0.15) is 0 Å². The molecule has 1 aliphatic heterocycles. The molecule has 1 aliphatic rings. The zero-order chi connectivity index (χ0) is 12.1. The predicted molar refractivity (Wildman–Crippen MR) is 65.0 cm³/mol. The topological polar surface area (TPSA) is 71.2 Å². The number of pyridine rings is 1. The number of carbonyl (C=O) groups excluding carboxylic acids is 1. The first-order valence-electron chi connectivity index (χ1n) is 5.98. The number of amides is 1. The monoisotopic (exact) mass is 234 g/mol. The number of aromatic nitrogens is 1. The molecule has 0 aromatic carbocycles. The molecule has 0 radical (unpaired) electrons. The lowest BCUT2D eigenvalue weighted by Gasteiger charge is -2.25. The summed E-state index contributed by atoms with van der Waals surface area (Å²) in [6.45, 7) is 3.16. The number of nitrogens with one attached hydrogen (secondary N) is 1. The first-order valence-corrected chi connectivity index (χ1v) is 5.98. The Labute approximate surface area is 101 Å². The van der Waals surface area contributed by atoms with Gasteiger partial charge in [-0.05, 0) is 38.1 Å². The summed E-state index contributed by atoms with van der Waals surface area (Å²) in [5.41, 5.74) is 3.59. The summed E-state index contributed by atoms with van der Waals surface area (Å²) >= 11 is 0. The zero-order valence-corrected chi connectivity index (χ0v) is 9.85. The Bertz CT molecular complexity index is 371. The van der Waals surface area contributed by atoms with Crippen molar-refractivity contribution >= 4 is 5.91 Å². The quantitative estimate of drug-likeness (QED) is 0.458. The van der Waals surface area contributed by atoms with Gasteiger partial charge in [-0.2, -0.15) is 0 Å². The standard InChI is InChI=1S/C12H18N4O/c13-15-12(17)10-4-5-11(14-8-10)9-16-6-2-1-3-7-16/h4-5,8H,1-3,6-7,9,13H2,(H,15,17). The molecule has 17 heavy (non-hydrogen) atoms. The highest BCUT2D eigenvalue weighted by Crippen LogP contribution is 2.11. The molecule has 0 saturated carbocycles. The average Bonchev–Trinajstić information content (AvgIpc) is 2.40. The maximum absolute atomic E-state index is 11.2. The van der Waals surface area contributed by atoms with E-state index in [2.05, 4.69) is 15.3 Å². The number of carbonyl (C=O) groups is 1. The largest absolute Gasteiger partial charge is 0.298 e. The van der Waals surface area contributed by atoms with Crippen molar-refractivity contribution in [3.63, 3.8) is 0 Å². The first kappa shape index (κ1) is 12.0. The molecule has 0 atom stereocenters. The molecule has 0 spiro atoms. The van der Waals surface area contributed by atoms with E-state index in [0.717, 1.165) is 25.3 Å². The molecule has 5 nitrogen and oxygen atoms in total. The molecule has 0 unspecified atom stereocenters. The van der Waals surface area contributed by atoms with Gasteiger partial charge in [0, 0.05) is 12.7 Å². The van der Waals surface area contributed by atoms with E-state index in [4.69, 9.17) is 5.84 Å². The summed E-state index contributed by atoms with van der Waals surface area (Å²) in [7, 11) is 0. The molecule has 1 amide bonds. The molecular weight excluding hydrogens is 216 g/mol. The summed E-state index contributed by atoms with van der Waals surface area (Å²) in [6.07, 6.45) is 5.45. The summed E-state index contributed by atoms with van der Waals surface area (Å²) < 4.78 is 0. The van der Waals surface area contributed by atoms with Crippen molar-refractivity contribution in [3.8, 4) is 0 Å². The number of nitrogens with two attached hydrogens (primary N) is 1. The first-order chi connectivity index (χ1) is 8.29. The van der Waals surface area contributed by atoms with Crippen LogP contribution in [0.1, 0.15) is 35.3 Å². The third-order valence-electron chi connectivity index (χ3n) is 3.05. The van der Waals surface area contributed by atoms with Gasteiger partial charge in [0.15, 0.2) is 0 Å². The van der Waals surface area contributed by atoms with Gasteiger partial charge in [-0.1, -0.05) is 6.42 Å². The average molecular weight is 234 g/mol. The molecule has 0 bridgehead atoms. The molecule has 0 aliphatic carbocycles. The van der Waals surface area contributed by atoms with Crippen molar-refractivity contribution in [1.82, 2.24) is 15.3 Å². The summed E-state index contributed by atoms with van der Waals surface area (Å²) in [5.74, 6) is 4.75. The fourth-order valence-electron chi connectivity index (χ4n) is 2.08. The fourth-order valence-corrected chi connectivity index (χ4v) is 2.08. The molecule has 1 aromatic rings. The van der Waals surface area contributed by atoms with Crippen molar-refractivity contribution in [2.45, 2.75) is 25.8 Å². The van der Waals surface area contributed by atoms with Crippen LogP contribution in [0.15, 0.2) is 18.3 Å². The maximum atomic E-state index is 11.2. The highest BCUT2D eigenvalue weighted by Gasteiger charge is 2.11. The number of piperidine rings is 1. The Balaban J connectivity index is 1.95. The summed E-state index contributed by atoms with van der Waals surface area (Å²) in [4.78, 5) is 17.9. The van der Waals surface area contributed by atoms with E-state index in [1.165, 1.54) is 19.3 Å². The Morgan fingerprint density at radius 3 is 2.71 bits per heavy atom. The van der Waals surface area contributed by atoms with Crippen LogP contribution in [0, 0.1) is 0 Å². The molecule has 92 valence electrons. The minimum Gasteiger partial charge on any atom is -0.298 e. The lowest BCUT2D eigenvalue weighted by atomic mass is 10.1. The van der Waals surface area contributed by atoms with Crippen LogP contribution in [0.25, 0.3) is 0 Å². The van der Waals surface area contributed by atoms with E-state index in [0.29, 0.717) is 5.56 Å². The summed E-state index contributed by atoms with van der Waals surface area (Å²) in [6, 6.07) is 3.65. The highest BCUT2D eigenvalue weighted by molar-refractivity contribution is 5.93. The lowest BCUT2D eigenvalue weighted by molar-refractivity contribution is 0.0953. The third kappa shape index (κ3) is 3.25. The van der Waals surface area contributed by atoms with Crippen LogP contribution in [0.3, 0.4) is 0 Å². The SMILES string of the molecule is NNC(=O)c1ccc(CN2CCCCC2)nc1. The molecule has 1 fully saturated rings. The zero-order valence-electron chi connectivity index (χ0n) is 9.85. The van der Waals surface area contributed by atoms with Crippen LogP contribution in [-0.2, 0) is 6.54 Å². The number of nitrogens with zero attached hydrogens (tertiary/aromatic N) is 2. The third-order valence-corrected chi connectivity index (χ3v) is 3.05. The van der Waals surface area contributed by atoms with E-state index in [1.807, 2.05) is 6.07 Å². The van der Waals surface area contributed by atoms with Crippen LogP contribution in [-0.4, -0.2) is 28.9 Å². The van der Waals surface area contributed by atoms with E-state index in [9.17, 15) is 4.79 Å². The minimum absolute atomic E-state index is 0.304. The number of hydrogen-bond acceptors (Lipinski definition) is 4. The van der Waals surface area contributed by atoms with Crippen molar-refractivity contribution in [2.75, 3.05) is 13.1 Å². The number of likely N-dealkylation sites (tertiary alicyclic amines) is 1. The Morgan fingerprint density at radius 1 is 1.35 bits per heavy atom. The Kier molecular flexibility index (Phi) is 4.06. The molecule has 2 rings (SSSR count). The van der Waals surface area contributed by atoms with E-state index >= 15 is 0 Å². The van der Waals surface area contributed by atoms with Crippen LogP contribution in [0.4, 0.5) is 0 Å². The predicted octanol–water partition coefficient (Wildman–Crippen LogP) is 0.671. The normalized spacial score (nSPS) is 16.8.